The van der Waals surface area contributed by atoms with Crippen LogP contribution in [0.4, 0.5) is 5.82 Å². The molecule has 0 bridgehead atoms. The van der Waals surface area contributed by atoms with Crippen molar-refractivity contribution < 1.29 is 9.53 Å². The number of aromatic nitrogens is 1. The van der Waals surface area contributed by atoms with Crippen LogP contribution < -0.4 is 4.90 Å². The van der Waals surface area contributed by atoms with E-state index in [1.807, 2.05) is 11.0 Å². The molecule has 5 nitrogen and oxygen atoms in total. The van der Waals surface area contributed by atoms with E-state index in [4.69, 9.17) is 16.3 Å². The maximum atomic E-state index is 12.5. The zero-order valence-corrected chi connectivity index (χ0v) is 14.6. The fourth-order valence-electron chi connectivity index (χ4n) is 3.02. The Morgan fingerprint density at radius 2 is 1.95 bits per heavy atom. The molecule has 2 saturated heterocycles. The van der Waals surface area contributed by atoms with Crippen molar-refractivity contribution in [2.24, 2.45) is 5.92 Å². The number of amides is 1. The maximum Gasteiger partial charge on any atom is 0.225 e. The van der Waals surface area contributed by atoms with Crippen LogP contribution in [0.15, 0.2) is 16.7 Å². The number of carbonyl (C=O) groups is 1. The van der Waals surface area contributed by atoms with Crippen LogP contribution in [0.2, 0.25) is 5.02 Å². The van der Waals surface area contributed by atoms with Crippen molar-refractivity contribution in [1.82, 2.24) is 9.88 Å². The van der Waals surface area contributed by atoms with Crippen LogP contribution >= 0.6 is 27.5 Å². The van der Waals surface area contributed by atoms with Gasteiger partial charge in [-0.2, -0.15) is 0 Å². The lowest BCUT2D eigenvalue weighted by atomic mass is 9.95. The number of morpholine rings is 1. The largest absolute Gasteiger partial charge is 0.378 e. The molecule has 1 aromatic heterocycles. The molecule has 0 aliphatic carbocycles. The quantitative estimate of drug-likeness (QED) is 0.781. The first-order valence-corrected chi connectivity index (χ1v) is 8.75. The molecule has 0 unspecified atom stereocenters. The number of hydrogen-bond acceptors (Lipinski definition) is 4. The van der Waals surface area contributed by atoms with Gasteiger partial charge in [0.1, 0.15) is 5.82 Å². The first-order valence-electron chi connectivity index (χ1n) is 7.57. The summed E-state index contributed by atoms with van der Waals surface area (Å²) in [5.74, 6) is 1.31. The van der Waals surface area contributed by atoms with Gasteiger partial charge in [0.15, 0.2) is 0 Å². The maximum absolute atomic E-state index is 12.5. The van der Waals surface area contributed by atoms with Gasteiger partial charge in [-0.3, -0.25) is 4.79 Å². The van der Waals surface area contributed by atoms with Gasteiger partial charge in [0.2, 0.25) is 5.91 Å². The molecule has 2 aliphatic rings. The highest BCUT2D eigenvalue weighted by Gasteiger charge is 2.30. The molecule has 2 aliphatic heterocycles. The van der Waals surface area contributed by atoms with E-state index in [-0.39, 0.29) is 11.8 Å². The number of hydrogen-bond donors (Lipinski definition) is 0. The van der Waals surface area contributed by atoms with Gasteiger partial charge in [-0.05, 0) is 34.8 Å². The summed E-state index contributed by atoms with van der Waals surface area (Å²) < 4.78 is 6.21. The zero-order chi connectivity index (χ0) is 15.5. The molecule has 22 heavy (non-hydrogen) atoms. The third kappa shape index (κ3) is 3.55. The van der Waals surface area contributed by atoms with Gasteiger partial charge in [-0.25, -0.2) is 4.98 Å². The smallest absolute Gasteiger partial charge is 0.225 e. The predicted molar refractivity (Wildman–Crippen MR) is 89.3 cm³/mol. The monoisotopic (exact) mass is 387 g/mol. The minimum Gasteiger partial charge on any atom is -0.378 e. The number of nitrogens with zero attached hydrogens (tertiary/aromatic N) is 3. The van der Waals surface area contributed by atoms with Crippen LogP contribution in [0, 0.1) is 5.92 Å². The Morgan fingerprint density at radius 1 is 1.27 bits per heavy atom. The number of anilines is 1. The first kappa shape index (κ1) is 16.0. The van der Waals surface area contributed by atoms with E-state index in [1.54, 1.807) is 6.20 Å². The number of halogens is 2. The molecular formula is C15H19BrClN3O2. The Kier molecular flexibility index (Phi) is 5.21. The van der Waals surface area contributed by atoms with E-state index >= 15 is 0 Å². The van der Waals surface area contributed by atoms with Crippen LogP contribution in [-0.2, 0) is 9.53 Å². The zero-order valence-electron chi connectivity index (χ0n) is 12.3. The van der Waals surface area contributed by atoms with Crippen molar-refractivity contribution in [1.29, 1.82) is 0 Å². The molecule has 0 atom stereocenters. The Hall–Kier alpha value is -0.850. The average Bonchev–Trinajstić information content (AvgIpc) is 2.55. The highest BCUT2D eigenvalue weighted by molar-refractivity contribution is 9.10. The standard InChI is InChI=1S/C15H19BrClN3O2/c16-13-9-12(17)10-18-14(13)19-3-1-11(2-4-19)15(21)20-5-7-22-8-6-20/h9-11H,1-8H2. The molecule has 3 heterocycles. The lowest BCUT2D eigenvalue weighted by molar-refractivity contribution is -0.140. The lowest BCUT2D eigenvalue weighted by Gasteiger charge is -2.36. The van der Waals surface area contributed by atoms with Crippen molar-refractivity contribution in [3.63, 3.8) is 0 Å². The molecule has 2 fully saturated rings. The number of pyridine rings is 1. The second-order valence-corrected chi connectivity index (χ2v) is 6.95. The Labute approximate surface area is 143 Å². The molecule has 0 aromatic carbocycles. The molecule has 0 spiro atoms. The minimum absolute atomic E-state index is 0.125. The number of ether oxygens (including phenoxy) is 1. The summed E-state index contributed by atoms with van der Waals surface area (Å²) in [6.45, 7) is 4.45. The second kappa shape index (κ2) is 7.15. The minimum atomic E-state index is 0.125. The third-order valence-corrected chi connectivity index (χ3v) is 5.05. The lowest BCUT2D eigenvalue weighted by Crippen LogP contribution is -2.47. The normalized spacial score (nSPS) is 20.3. The predicted octanol–water partition coefficient (Wildman–Crippen LogP) is 2.57. The Balaban J connectivity index is 1.59. The van der Waals surface area contributed by atoms with E-state index in [1.165, 1.54) is 0 Å². The van der Waals surface area contributed by atoms with Crippen molar-refractivity contribution in [3.05, 3.63) is 21.8 Å². The summed E-state index contributed by atoms with van der Waals surface area (Å²) in [6, 6.07) is 1.86. The third-order valence-electron chi connectivity index (χ3n) is 4.25. The van der Waals surface area contributed by atoms with Crippen molar-refractivity contribution in [2.45, 2.75) is 12.8 Å². The second-order valence-electron chi connectivity index (χ2n) is 5.66. The molecule has 0 N–H and O–H groups in total. The van der Waals surface area contributed by atoms with Crippen LogP contribution in [-0.4, -0.2) is 55.2 Å². The molecule has 120 valence electrons. The van der Waals surface area contributed by atoms with Gasteiger partial charge in [0, 0.05) is 38.3 Å². The first-order chi connectivity index (χ1) is 10.6. The molecule has 3 rings (SSSR count). The molecule has 0 radical (unpaired) electrons. The van der Waals surface area contributed by atoms with Gasteiger partial charge < -0.3 is 14.5 Å². The summed E-state index contributed by atoms with van der Waals surface area (Å²) in [5.41, 5.74) is 0. The highest BCUT2D eigenvalue weighted by Crippen LogP contribution is 2.30. The summed E-state index contributed by atoms with van der Waals surface area (Å²) in [4.78, 5) is 21.1. The number of rotatable bonds is 2. The summed E-state index contributed by atoms with van der Waals surface area (Å²) in [7, 11) is 0. The van der Waals surface area contributed by atoms with Gasteiger partial charge in [-0.1, -0.05) is 11.6 Å². The van der Waals surface area contributed by atoms with Crippen molar-refractivity contribution >= 4 is 39.3 Å². The van der Waals surface area contributed by atoms with Crippen LogP contribution in [0.1, 0.15) is 12.8 Å². The fraction of sp³-hybridized carbons (Fsp3) is 0.600. The number of piperidine rings is 1. The Bertz CT molecular complexity index is 544. The number of carbonyl (C=O) groups excluding carboxylic acids is 1. The van der Waals surface area contributed by atoms with Crippen LogP contribution in [0.25, 0.3) is 0 Å². The van der Waals surface area contributed by atoms with E-state index in [2.05, 4.69) is 25.8 Å². The van der Waals surface area contributed by atoms with E-state index in [0.29, 0.717) is 18.2 Å². The molecule has 1 aromatic rings. The topological polar surface area (TPSA) is 45.7 Å². The van der Waals surface area contributed by atoms with Crippen LogP contribution in [0.3, 0.4) is 0 Å². The molecule has 7 heteroatoms. The fourth-order valence-corrected chi connectivity index (χ4v) is 3.91. The van der Waals surface area contributed by atoms with Gasteiger partial charge in [0.25, 0.3) is 0 Å². The van der Waals surface area contributed by atoms with E-state index in [9.17, 15) is 4.79 Å². The molecule has 1 amide bonds. The molecular weight excluding hydrogens is 370 g/mol. The van der Waals surface area contributed by atoms with Gasteiger partial charge in [0.05, 0.1) is 22.7 Å². The van der Waals surface area contributed by atoms with Crippen molar-refractivity contribution in [2.75, 3.05) is 44.3 Å². The summed E-state index contributed by atoms with van der Waals surface area (Å²) in [5, 5.41) is 0.619. The van der Waals surface area contributed by atoms with E-state index < -0.39 is 0 Å². The SMILES string of the molecule is O=C(C1CCN(c2ncc(Cl)cc2Br)CC1)N1CCOCC1. The van der Waals surface area contributed by atoms with Gasteiger partial charge >= 0.3 is 0 Å². The average molecular weight is 389 g/mol. The summed E-state index contributed by atoms with van der Waals surface area (Å²) in [6.07, 6.45) is 3.40. The van der Waals surface area contributed by atoms with Gasteiger partial charge in [-0.15, -0.1) is 0 Å². The van der Waals surface area contributed by atoms with E-state index in [0.717, 1.165) is 49.3 Å². The summed E-state index contributed by atoms with van der Waals surface area (Å²) >= 11 is 9.45. The molecule has 0 saturated carbocycles. The van der Waals surface area contributed by atoms with Crippen LogP contribution in [0.5, 0.6) is 0 Å². The van der Waals surface area contributed by atoms with Crippen molar-refractivity contribution in [3.8, 4) is 0 Å². The highest BCUT2D eigenvalue weighted by atomic mass is 79.9. The Morgan fingerprint density at radius 3 is 2.59 bits per heavy atom.